The Hall–Kier alpha value is -0.910. The fourth-order valence-electron chi connectivity index (χ4n) is 2.82. The molecule has 0 radical (unpaired) electrons. The maximum absolute atomic E-state index is 12.7. The Morgan fingerprint density at radius 2 is 2.05 bits per heavy atom. The van der Waals surface area contributed by atoms with E-state index in [-0.39, 0.29) is 23.1 Å². The van der Waals surface area contributed by atoms with Gasteiger partial charge in [0.1, 0.15) is 0 Å². The molecule has 118 valence electrons. The van der Waals surface area contributed by atoms with E-state index in [2.05, 4.69) is 12.2 Å². The van der Waals surface area contributed by atoms with Crippen molar-refractivity contribution in [1.82, 2.24) is 5.32 Å². The lowest BCUT2D eigenvalue weighted by atomic mass is 10.1. The van der Waals surface area contributed by atoms with Gasteiger partial charge < -0.3 is 10.1 Å². The van der Waals surface area contributed by atoms with E-state index in [1.54, 1.807) is 0 Å². The second kappa shape index (κ2) is 7.38. The summed E-state index contributed by atoms with van der Waals surface area (Å²) in [4.78, 5) is 0. The van der Waals surface area contributed by atoms with Gasteiger partial charge in [0, 0.05) is 12.6 Å². The standard InChI is InChI=1S/C16H25NO3S/c1-3-10-17-15(14-7-5-4-6-8-14)12-21(18,19)16-9-11-20-13(16)2/h4-8,13,15-17H,3,9-12H2,1-2H3. The van der Waals surface area contributed by atoms with Crippen LogP contribution < -0.4 is 5.32 Å². The summed E-state index contributed by atoms with van der Waals surface area (Å²) in [5.41, 5.74) is 1.03. The first-order chi connectivity index (χ1) is 10.0. The number of hydrogen-bond donors (Lipinski definition) is 1. The Morgan fingerprint density at radius 1 is 1.33 bits per heavy atom. The number of sulfone groups is 1. The zero-order valence-corrected chi connectivity index (χ0v) is 13.6. The van der Waals surface area contributed by atoms with Crippen LogP contribution in [-0.4, -0.2) is 38.7 Å². The number of hydrogen-bond acceptors (Lipinski definition) is 4. The molecule has 3 unspecified atom stereocenters. The summed E-state index contributed by atoms with van der Waals surface area (Å²) in [6.45, 7) is 5.29. The molecular weight excluding hydrogens is 286 g/mol. The number of ether oxygens (including phenoxy) is 1. The van der Waals surface area contributed by atoms with Gasteiger partial charge in [0.2, 0.25) is 0 Å². The van der Waals surface area contributed by atoms with Gasteiger partial charge in [-0.1, -0.05) is 37.3 Å². The van der Waals surface area contributed by atoms with E-state index in [9.17, 15) is 8.42 Å². The number of nitrogens with one attached hydrogen (secondary N) is 1. The fraction of sp³-hybridized carbons (Fsp3) is 0.625. The molecule has 1 fully saturated rings. The lowest BCUT2D eigenvalue weighted by Gasteiger charge is -2.22. The van der Waals surface area contributed by atoms with Crippen LogP contribution in [-0.2, 0) is 14.6 Å². The van der Waals surface area contributed by atoms with Crippen molar-refractivity contribution < 1.29 is 13.2 Å². The molecule has 5 heteroatoms. The first-order valence-corrected chi connectivity index (χ1v) is 9.37. The van der Waals surface area contributed by atoms with E-state index in [1.165, 1.54) is 0 Å². The molecule has 21 heavy (non-hydrogen) atoms. The maximum Gasteiger partial charge on any atom is 0.157 e. The molecule has 1 N–H and O–H groups in total. The van der Waals surface area contributed by atoms with Crippen LogP contribution in [0.5, 0.6) is 0 Å². The summed E-state index contributed by atoms with van der Waals surface area (Å²) < 4.78 is 30.8. The summed E-state index contributed by atoms with van der Waals surface area (Å²) in [7, 11) is -3.17. The molecule has 0 saturated carbocycles. The van der Waals surface area contributed by atoms with Crippen molar-refractivity contribution in [2.45, 2.75) is 44.1 Å². The van der Waals surface area contributed by atoms with Crippen molar-refractivity contribution in [2.24, 2.45) is 0 Å². The van der Waals surface area contributed by atoms with Crippen LogP contribution in [0.15, 0.2) is 30.3 Å². The second-order valence-corrected chi connectivity index (χ2v) is 7.91. The number of rotatable bonds is 7. The molecule has 1 aliphatic heterocycles. The third-order valence-electron chi connectivity index (χ3n) is 4.01. The molecule has 0 aliphatic carbocycles. The van der Waals surface area contributed by atoms with Crippen molar-refractivity contribution in [2.75, 3.05) is 18.9 Å². The summed E-state index contributed by atoms with van der Waals surface area (Å²) in [6, 6.07) is 9.66. The van der Waals surface area contributed by atoms with E-state index < -0.39 is 9.84 Å². The summed E-state index contributed by atoms with van der Waals surface area (Å²) in [6.07, 6.45) is 1.39. The van der Waals surface area contributed by atoms with E-state index >= 15 is 0 Å². The third kappa shape index (κ3) is 4.28. The lowest BCUT2D eigenvalue weighted by Crippen LogP contribution is -2.36. The Labute approximate surface area is 127 Å². The van der Waals surface area contributed by atoms with Gasteiger partial charge in [-0.3, -0.25) is 0 Å². The SMILES string of the molecule is CCCNC(CS(=O)(=O)C1CCOC1C)c1ccccc1. The Kier molecular flexibility index (Phi) is 5.79. The molecule has 0 aromatic heterocycles. The first kappa shape index (κ1) is 16.5. The molecule has 1 heterocycles. The van der Waals surface area contributed by atoms with Gasteiger partial charge in [0.25, 0.3) is 0 Å². The molecular formula is C16H25NO3S. The zero-order valence-electron chi connectivity index (χ0n) is 12.8. The second-order valence-electron chi connectivity index (χ2n) is 5.65. The van der Waals surface area contributed by atoms with Gasteiger partial charge in [0.05, 0.1) is 17.1 Å². The highest BCUT2D eigenvalue weighted by Gasteiger charge is 2.37. The molecule has 1 saturated heterocycles. The molecule has 1 aromatic carbocycles. The first-order valence-electron chi connectivity index (χ1n) is 7.66. The van der Waals surface area contributed by atoms with Crippen molar-refractivity contribution in [3.8, 4) is 0 Å². The Balaban J connectivity index is 2.14. The maximum atomic E-state index is 12.7. The molecule has 0 amide bonds. The lowest BCUT2D eigenvalue weighted by molar-refractivity contribution is 0.126. The van der Waals surface area contributed by atoms with E-state index in [0.717, 1.165) is 18.5 Å². The van der Waals surface area contributed by atoms with Crippen LogP contribution in [0.4, 0.5) is 0 Å². The minimum absolute atomic E-state index is 0.134. The van der Waals surface area contributed by atoms with Crippen LogP contribution >= 0.6 is 0 Å². The molecule has 2 rings (SSSR count). The predicted molar refractivity (Wildman–Crippen MR) is 85.1 cm³/mol. The van der Waals surface area contributed by atoms with Gasteiger partial charge in [-0.2, -0.15) is 0 Å². The van der Waals surface area contributed by atoms with Gasteiger partial charge >= 0.3 is 0 Å². The molecule has 3 atom stereocenters. The van der Waals surface area contributed by atoms with Crippen LogP contribution in [0.25, 0.3) is 0 Å². The quantitative estimate of drug-likeness (QED) is 0.839. The predicted octanol–water partition coefficient (Wildman–Crippen LogP) is 2.32. The number of benzene rings is 1. The van der Waals surface area contributed by atoms with E-state index in [0.29, 0.717) is 13.0 Å². The zero-order chi connectivity index (χ0) is 15.3. The van der Waals surface area contributed by atoms with E-state index in [1.807, 2.05) is 37.3 Å². The largest absolute Gasteiger partial charge is 0.377 e. The minimum atomic E-state index is -3.17. The van der Waals surface area contributed by atoms with Crippen molar-refractivity contribution in [3.05, 3.63) is 35.9 Å². The van der Waals surface area contributed by atoms with Crippen molar-refractivity contribution in [1.29, 1.82) is 0 Å². The van der Waals surface area contributed by atoms with Crippen LogP contribution in [0.3, 0.4) is 0 Å². The highest BCUT2D eigenvalue weighted by molar-refractivity contribution is 7.92. The molecule has 1 aromatic rings. The monoisotopic (exact) mass is 311 g/mol. The Morgan fingerprint density at radius 3 is 2.62 bits per heavy atom. The van der Waals surface area contributed by atoms with E-state index in [4.69, 9.17) is 4.74 Å². The van der Waals surface area contributed by atoms with Crippen LogP contribution in [0.1, 0.15) is 38.3 Å². The van der Waals surface area contributed by atoms with Gasteiger partial charge in [-0.15, -0.1) is 0 Å². The smallest absolute Gasteiger partial charge is 0.157 e. The molecule has 4 nitrogen and oxygen atoms in total. The van der Waals surface area contributed by atoms with Crippen molar-refractivity contribution >= 4 is 9.84 Å². The highest BCUT2D eigenvalue weighted by atomic mass is 32.2. The summed E-state index contributed by atoms with van der Waals surface area (Å²) >= 11 is 0. The van der Waals surface area contributed by atoms with Gasteiger partial charge in [-0.05, 0) is 31.9 Å². The average Bonchev–Trinajstić information content (AvgIpc) is 2.91. The normalized spacial score (nSPS) is 24.1. The average molecular weight is 311 g/mol. The topological polar surface area (TPSA) is 55.4 Å². The van der Waals surface area contributed by atoms with Crippen LogP contribution in [0.2, 0.25) is 0 Å². The van der Waals surface area contributed by atoms with Gasteiger partial charge in [0.15, 0.2) is 9.84 Å². The summed E-state index contributed by atoms with van der Waals surface area (Å²) in [5.74, 6) is 0.134. The molecule has 0 spiro atoms. The molecule has 1 aliphatic rings. The third-order valence-corrected chi connectivity index (χ3v) is 6.35. The van der Waals surface area contributed by atoms with Crippen LogP contribution in [0, 0.1) is 0 Å². The minimum Gasteiger partial charge on any atom is -0.377 e. The Bertz CT molecular complexity index is 530. The molecule has 0 bridgehead atoms. The van der Waals surface area contributed by atoms with Gasteiger partial charge in [-0.25, -0.2) is 8.42 Å². The highest BCUT2D eigenvalue weighted by Crippen LogP contribution is 2.25. The summed E-state index contributed by atoms with van der Waals surface area (Å²) in [5, 5.41) is 2.99. The fourth-order valence-corrected chi connectivity index (χ4v) is 4.96. The van der Waals surface area contributed by atoms with Crippen molar-refractivity contribution in [3.63, 3.8) is 0 Å².